The Hall–Kier alpha value is -4.66. The van der Waals surface area contributed by atoms with E-state index in [0.717, 1.165) is 15.9 Å². The maximum Gasteiger partial charge on any atom is 0.335 e. The van der Waals surface area contributed by atoms with Gasteiger partial charge < -0.3 is 20.1 Å². The third-order valence-electron chi connectivity index (χ3n) is 5.60. The van der Waals surface area contributed by atoms with Gasteiger partial charge in [-0.15, -0.1) is 0 Å². The zero-order chi connectivity index (χ0) is 24.9. The number of aromatic carboxylic acids is 1. The molecule has 1 aromatic heterocycles. The second-order valence-electron chi connectivity index (χ2n) is 8.01. The van der Waals surface area contributed by atoms with Crippen molar-refractivity contribution in [1.29, 1.82) is 0 Å². The van der Waals surface area contributed by atoms with E-state index < -0.39 is 17.2 Å². The van der Waals surface area contributed by atoms with Gasteiger partial charge in [-0.2, -0.15) is 0 Å². The molecule has 4 aromatic rings. The Morgan fingerprint density at radius 3 is 2.26 bits per heavy atom. The van der Waals surface area contributed by atoms with E-state index in [2.05, 4.69) is 10.3 Å². The second-order valence-corrected chi connectivity index (χ2v) is 8.01. The van der Waals surface area contributed by atoms with Crippen LogP contribution < -0.4 is 21.3 Å². The number of carbonyl (C=O) groups excluding carboxylic acids is 1. The molecule has 3 N–H and O–H groups in total. The Bertz CT molecular complexity index is 1500. The van der Waals surface area contributed by atoms with Crippen molar-refractivity contribution in [1.82, 2.24) is 14.9 Å². The van der Waals surface area contributed by atoms with E-state index in [0.29, 0.717) is 23.2 Å². The summed E-state index contributed by atoms with van der Waals surface area (Å²) in [6, 6.07) is 18.2. The Balaban J connectivity index is 1.51. The zero-order valence-electron chi connectivity index (χ0n) is 18.9. The van der Waals surface area contributed by atoms with Crippen molar-refractivity contribution < 1.29 is 19.4 Å². The molecule has 178 valence electrons. The number of fused-ring (bicyclic) bond motifs is 1. The highest BCUT2D eigenvalue weighted by atomic mass is 16.5. The van der Waals surface area contributed by atoms with E-state index in [1.54, 1.807) is 37.4 Å². The molecule has 0 spiro atoms. The number of hydrogen-bond acceptors (Lipinski definition) is 5. The van der Waals surface area contributed by atoms with E-state index in [1.165, 1.54) is 12.1 Å². The molecule has 0 bridgehead atoms. The lowest BCUT2D eigenvalue weighted by molar-refractivity contribution is -0.120. The molecule has 1 heterocycles. The molecule has 0 radical (unpaired) electrons. The van der Waals surface area contributed by atoms with E-state index in [9.17, 15) is 19.2 Å². The SMILES string of the molecule is COc1ccc(CNC(=O)Cc2ccc3[nH]c(=O)n(Cc4ccc(C(=O)O)cc4)c(=O)c3c2)cc1. The van der Waals surface area contributed by atoms with Gasteiger partial charge in [-0.1, -0.05) is 30.3 Å². The fraction of sp³-hybridized carbons (Fsp3) is 0.154. The molecule has 0 fully saturated rings. The summed E-state index contributed by atoms with van der Waals surface area (Å²) in [4.78, 5) is 51.7. The van der Waals surface area contributed by atoms with Gasteiger partial charge in [-0.25, -0.2) is 9.59 Å². The van der Waals surface area contributed by atoms with Crippen LogP contribution in [0.25, 0.3) is 10.9 Å². The van der Waals surface area contributed by atoms with Crippen molar-refractivity contribution >= 4 is 22.8 Å². The van der Waals surface area contributed by atoms with E-state index in [1.807, 2.05) is 24.3 Å². The first-order valence-electron chi connectivity index (χ1n) is 10.8. The third kappa shape index (κ3) is 5.47. The largest absolute Gasteiger partial charge is 0.497 e. The van der Waals surface area contributed by atoms with Crippen molar-refractivity contribution in [3.05, 3.63) is 110 Å². The van der Waals surface area contributed by atoms with Crippen molar-refractivity contribution in [2.45, 2.75) is 19.5 Å². The predicted octanol–water partition coefficient (Wildman–Crippen LogP) is 2.30. The fourth-order valence-corrected chi connectivity index (χ4v) is 3.68. The minimum atomic E-state index is -1.06. The number of carboxylic acid groups (broad SMARTS) is 1. The van der Waals surface area contributed by atoms with Gasteiger partial charge in [-0.3, -0.25) is 14.2 Å². The Morgan fingerprint density at radius 1 is 0.943 bits per heavy atom. The minimum absolute atomic E-state index is 0.0173. The topological polar surface area (TPSA) is 130 Å². The summed E-state index contributed by atoms with van der Waals surface area (Å²) < 4.78 is 6.17. The first-order chi connectivity index (χ1) is 16.8. The third-order valence-corrected chi connectivity index (χ3v) is 5.60. The predicted molar refractivity (Wildman–Crippen MR) is 130 cm³/mol. The molecule has 0 saturated carbocycles. The van der Waals surface area contributed by atoms with E-state index >= 15 is 0 Å². The Kier molecular flexibility index (Phi) is 6.77. The molecule has 0 aliphatic heterocycles. The van der Waals surface area contributed by atoms with Gasteiger partial charge in [0.15, 0.2) is 0 Å². The number of carboxylic acids is 1. The number of hydrogen-bond donors (Lipinski definition) is 3. The molecule has 1 amide bonds. The molecule has 0 atom stereocenters. The van der Waals surface area contributed by atoms with Crippen molar-refractivity contribution in [2.24, 2.45) is 0 Å². The van der Waals surface area contributed by atoms with Crippen LogP contribution in [0.2, 0.25) is 0 Å². The molecule has 4 rings (SSSR count). The molecular weight excluding hydrogens is 450 g/mol. The monoisotopic (exact) mass is 473 g/mol. The minimum Gasteiger partial charge on any atom is -0.497 e. The molecule has 35 heavy (non-hydrogen) atoms. The van der Waals surface area contributed by atoms with Crippen molar-refractivity contribution in [3.8, 4) is 5.75 Å². The molecule has 0 unspecified atom stereocenters. The number of ether oxygens (including phenoxy) is 1. The normalized spacial score (nSPS) is 10.8. The highest BCUT2D eigenvalue weighted by Gasteiger charge is 2.11. The van der Waals surface area contributed by atoms with Crippen LogP contribution in [0.5, 0.6) is 5.75 Å². The number of aromatic nitrogens is 2. The van der Waals surface area contributed by atoms with E-state index in [4.69, 9.17) is 9.84 Å². The van der Waals surface area contributed by atoms with Crippen molar-refractivity contribution in [3.63, 3.8) is 0 Å². The van der Waals surface area contributed by atoms with Gasteiger partial charge in [0.2, 0.25) is 5.91 Å². The number of nitrogens with zero attached hydrogens (tertiary/aromatic N) is 1. The van der Waals surface area contributed by atoms with Gasteiger partial charge in [0.1, 0.15) is 5.75 Å². The fourth-order valence-electron chi connectivity index (χ4n) is 3.68. The summed E-state index contributed by atoms with van der Waals surface area (Å²) in [5.74, 6) is -0.529. The lowest BCUT2D eigenvalue weighted by Crippen LogP contribution is -2.35. The summed E-state index contributed by atoms with van der Waals surface area (Å²) in [7, 11) is 1.59. The van der Waals surface area contributed by atoms with Crippen LogP contribution in [0.1, 0.15) is 27.0 Å². The first kappa shape index (κ1) is 23.5. The van der Waals surface area contributed by atoms with Crippen LogP contribution in [0.4, 0.5) is 0 Å². The standard InChI is InChI=1S/C26H23N3O6/c1-35-20-9-4-16(5-10-20)14-27-23(30)13-18-6-11-22-21(12-18)24(31)29(26(34)28-22)15-17-2-7-19(8-3-17)25(32)33/h2-12H,13-15H2,1H3,(H,27,30)(H,28,34)(H,32,33). The number of benzene rings is 3. The van der Waals surface area contributed by atoms with Crippen LogP contribution >= 0.6 is 0 Å². The quantitative estimate of drug-likeness (QED) is 0.360. The van der Waals surface area contributed by atoms with E-state index in [-0.39, 0.29) is 29.8 Å². The summed E-state index contributed by atoms with van der Waals surface area (Å²) in [6.45, 7) is 0.341. The molecular formula is C26H23N3O6. The molecule has 9 nitrogen and oxygen atoms in total. The molecule has 0 aliphatic rings. The molecule has 9 heteroatoms. The molecule has 0 aliphatic carbocycles. The van der Waals surface area contributed by atoms with Gasteiger partial charge in [0.05, 0.1) is 36.5 Å². The smallest absolute Gasteiger partial charge is 0.335 e. The number of nitrogens with one attached hydrogen (secondary N) is 2. The highest BCUT2D eigenvalue weighted by molar-refractivity contribution is 5.87. The Morgan fingerprint density at radius 2 is 1.60 bits per heavy atom. The zero-order valence-corrected chi connectivity index (χ0v) is 18.9. The molecule has 0 saturated heterocycles. The number of H-pyrrole nitrogens is 1. The average Bonchev–Trinajstić information content (AvgIpc) is 2.86. The number of aromatic amines is 1. The average molecular weight is 473 g/mol. The first-order valence-corrected chi connectivity index (χ1v) is 10.8. The number of amides is 1. The summed E-state index contributed by atoms with van der Waals surface area (Å²) in [6.07, 6.45) is 0.0707. The number of rotatable bonds is 8. The summed E-state index contributed by atoms with van der Waals surface area (Å²) in [5, 5.41) is 12.2. The van der Waals surface area contributed by atoms with Gasteiger partial charge in [0, 0.05) is 6.54 Å². The number of carbonyl (C=O) groups is 2. The second kappa shape index (κ2) is 10.1. The maximum absolute atomic E-state index is 13.1. The summed E-state index contributed by atoms with van der Waals surface area (Å²) in [5.41, 5.74) is 1.58. The lowest BCUT2D eigenvalue weighted by Gasteiger charge is -2.09. The highest BCUT2D eigenvalue weighted by Crippen LogP contribution is 2.13. The number of methoxy groups -OCH3 is 1. The van der Waals surface area contributed by atoms with Crippen LogP contribution in [0.3, 0.4) is 0 Å². The van der Waals surface area contributed by atoms with Crippen LogP contribution in [0.15, 0.2) is 76.3 Å². The van der Waals surface area contributed by atoms with Crippen LogP contribution in [0, 0.1) is 0 Å². The van der Waals surface area contributed by atoms with Crippen LogP contribution in [-0.4, -0.2) is 33.6 Å². The Labute approximate surface area is 199 Å². The maximum atomic E-state index is 13.1. The molecule has 3 aromatic carbocycles. The van der Waals surface area contributed by atoms with Gasteiger partial charge >= 0.3 is 11.7 Å². The summed E-state index contributed by atoms with van der Waals surface area (Å²) >= 11 is 0. The lowest BCUT2D eigenvalue weighted by atomic mass is 10.1. The van der Waals surface area contributed by atoms with Crippen LogP contribution in [-0.2, 0) is 24.3 Å². The van der Waals surface area contributed by atoms with Crippen molar-refractivity contribution in [2.75, 3.05) is 7.11 Å². The van der Waals surface area contributed by atoms with Gasteiger partial charge in [0.25, 0.3) is 5.56 Å². The van der Waals surface area contributed by atoms with Gasteiger partial charge in [-0.05, 0) is 53.1 Å².